The molecule has 0 atom stereocenters. The number of amides is 1. The third-order valence-electron chi connectivity index (χ3n) is 4.98. The average Bonchev–Trinajstić information content (AvgIpc) is 3.33. The summed E-state index contributed by atoms with van der Waals surface area (Å²) < 4.78 is 27.6. The van der Waals surface area contributed by atoms with Crippen molar-refractivity contribution in [1.29, 1.82) is 0 Å². The Hall–Kier alpha value is -2.23. The molecule has 1 saturated heterocycles. The minimum Gasteiger partial charge on any atom is -0.497 e. The van der Waals surface area contributed by atoms with Crippen molar-refractivity contribution in [2.24, 2.45) is 4.63 Å². The highest BCUT2D eigenvalue weighted by Gasteiger charge is 2.19. The Morgan fingerprint density at radius 3 is 2.44 bits per heavy atom. The molecule has 0 unspecified atom stereocenters. The van der Waals surface area contributed by atoms with E-state index in [0.29, 0.717) is 45.7 Å². The second-order valence-electron chi connectivity index (χ2n) is 7.38. The maximum absolute atomic E-state index is 13.1. The number of nitrogens with zero attached hydrogens (tertiary/aromatic N) is 1. The SMILES string of the molecule is COc1ccc(COc2ccc(Oc3c(Cl)cc(Br)cc3Cl)cc2C(=O)N=[Si]2CCOC2)cc1. The van der Waals surface area contributed by atoms with E-state index in [9.17, 15) is 4.79 Å². The Morgan fingerprint density at radius 2 is 1.79 bits per heavy atom. The third-order valence-corrected chi connectivity index (χ3v) is 7.84. The molecule has 1 aliphatic heterocycles. The number of hydrogen-bond donors (Lipinski definition) is 0. The van der Waals surface area contributed by atoms with Gasteiger partial charge in [0.2, 0.25) is 0 Å². The fourth-order valence-corrected chi connectivity index (χ4v) is 6.01. The number of carbonyl (C=O) groups excluding carboxylic acids is 1. The molecule has 0 aliphatic carbocycles. The average molecular weight is 581 g/mol. The second kappa shape index (κ2) is 11.5. The summed E-state index contributed by atoms with van der Waals surface area (Å²) in [5, 5.41) is 0.676. The van der Waals surface area contributed by atoms with Crippen LogP contribution in [0.25, 0.3) is 0 Å². The topological polar surface area (TPSA) is 66.4 Å². The molecule has 1 aliphatic rings. The molecule has 3 aromatic carbocycles. The van der Waals surface area contributed by atoms with Crippen molar-refractivity contribution in [2.75, 3.05) is 19.9 Å². The second-order valence-corrected chi connectivity index (χ2v) is 11.3. The molecule has 1 fully saturated rings. The van der Waals surface area contributed by atoms with Crippen LogP contribution in [0.1, 0.15) is 15.9 Å². The molecule has 10 heteroatoms. The molecule has 0 spiro atoms. The lowest BCUT2D eigenvalue weighted by Crippen LogP contribution is -2.08. The van der Waals surface area contributed by atoms with E-state index in [1.54, 1.807) is 37.4 Å². The molecule has 176 valence electrons. The van der Waals surface area contributed by atoms with Gasteiger partial charge >= 0.3 is 0 Å². The van der Waals surface area contributed by atoms with Crippen molar-refractivity contribution in [3.05, 3.63) is 80.2 Å². The van der Waals surface area contributed by atoms with Gasteiger partial charge in [-0.1, -0.05) is 51.3 Å². The van der Waals surface area contributed by atoms with Crippen LogP contribution in [0.5, 0.6) is 23.0 Å². The highest BCUT2D eigenvalue weighted by molar-refractivity contribution is 9.10. The van der Waals surface area contributed by atoms with Crippen molar-refractivity contribution in [2.45, 2.75) is 12.7 Å². The van der Waals surface area contributed by atoms with Gasteiger partial charge in [-0.05, 0) is 54.1 Å². The molecule has 0 saturated carbocycles. The molecule has 0 N–H and O–H groups in total. The van der Waals surface area contributed by atoms with Crippen LogP contribution in [-0.4, -0.2) is 34.4 Å². The quantitative estimate of drug-likeness (QED) is 0.279. The summed E-state index contributed by atoms with van der Waals surface area (Å²) in [6, 6.07) is 16.7. The standard InChI is InChI=1S/C24H20BrCl2NO5Si/c1-30-17-4-2-15(3-5-17)13-32-22-7-6-18(33-23-20(26)10-16(25)11-21(23)27)12-19(22)24(29)28-34-9-8-31-14-34/h2-7,10-12H,8-9,13-14H2,1H3. The molecule has 0 aromatic heterocycles. The van der Waals surface area contributed by atoms with E-state index in [1.165, 1.54) is 0 Å². The van der Waals surface area contributed by atoms with Gasteiger partial charge in [0, 0.05) is 11.1 Å². The van der Waals surface area contributed by atoms with Crippen molar-refractivity contribution in [1.82, 2.24) is 0 Å². The summed E-state index contributed by atoms with van der Waals surface area (Å²) in [5.74, 6) is 1.49. The Kier molecular flexibility index (Phi) is 8.39. The molecule has 4 rings (SSSR count). The molecule has 6 nitrogen and oxygen atoms in total. The highest BCUT2D eigenvalue weighted by Crippen LogP contribution is 2.39. The molecule has 0 radical (unpaired) electrons. The van der Waals surface area contributed by atoms with Gasteiger partial charge in [-0.3, -0.25) is 9.43 Å². The van der Waals surface area contributed by atoms with Gasteiger partial charge < -0.3 is 18.9 Å². The van der Waals surface area contributed by atoms with Crippen LogP contribution in [0.3, 0.4) is 0 Å². The largest absolute Gasteiger partial charge is 0.497 e. The van der Waals surface area contributed by atoms with Gasteiger partial charge in [0.1, 0.15) is 23.9 Å². The van der Waals surface area contributed by atoms with Crippen LogP contribution in [0.4, 0.5) is 0 Å². The maximum atomic E-state index is 13.1. The number of methoxy groups -OCH3 is 1. The van der Waals surface area contributed by atoms with E-state index >= 15 is 0 Å². The molecular weight excluding hydrogens is 561 g/mol. The normalized spacial score (nSPS) is 14.3. The van der Waals surface area contributed by atoms with Crippen molar-refractivity contribution >= 4 is 53.6 Å². The number of hydrogen-bond acceptors (Lipinski definition) is 5. The van der Waals surface area contributed by atoms with E-state index in [-0.39, 0.29) is 12.5 Å². The zero-order valence-electron chi connectivity index (χ0n) is 18.1. The zero-order chi connectivity index (χ0) is 24.1. The first-order chi connectivity index (χ1) is 16.4. The smallest absolute Gasteiger partial charge is 0.271 e. The molecule has 34 heavy (non-hydrogen) atoms. The van der Waals surface area contributed by atoms with Crippen LogP contribution >= 0.6 is 39.1 Å². The molecule has 3 aromatic rings. The van der Waals surface area contributed by atoms with Gasteiger partial charge in [-0.15, -0.1) is 0 Å². The first-order valence-corrected chi connectivity index (χ1v) is 13.7. The summed E-state index contributed by atoms with van der Waals surface area (Å²) in [5.41, 5.74) is 1.24. The fourth-order valence-electron chi connectivity index (χ4n) is 3.24. The lowest BCUT2D eigenvalue weighted by molar-refractivity contribution is 0.0998. The lowest BCUT2D eigenvalue weighted by atomic mass is 10.1. The predicted octanol–water partition coefficient (Wildman–Crippen LogP) is 7.11. The minimum absolute atomic E-state index is 0.274. The Bertz CT molecular complexity index is 1210. The Labute approximate surface area is 217 Å². The predicted molar refractivity (Wildman–Crippen MR) is 136 cm³/mol. The minimum atomic E-state index is -1.24. The van der Waals surface area contributed by atoms with Crippen molar-refractivity contribution in [3.8, 4) is 23.0 Å². The van der Waals surface area contributed by atoms with Crippen molar-refractivity contribution in [3.63, 3.8) is 0 Å². The van der Waals surface area contributed by atoms with Crippen LogP contribution in [0.15, 0.2) is 63.7 Å². The summed E-state index contributed by atoms with van der Waals surface area (Å²) in [4.78, 5) is 13.1. The van der Waals surface area contributed by atoms with E-state index in [0.717, 1.165) is 21.8 Å². The maximum Gasteiger partial charge on any atom is 0.271 e. The number of ether oxygens (including phenoxy) is 4. The number of benzene rings is 3. The first kappa shape index (κ1) is 24.9. The fraction of sp³-hybridized carbons (Fsp3) is 0.208. The number of carbonyl (C=O) groups is 1. The van der Waals surface area contributed by atoms with E-state index in [2.05, 4.69) is 20.6 Å². The number of halogens is 3. The van der Waals surface area contributed by atoms with Gasteiger partial charge in [-0.25, -0.2) is 0 Å². The van der Waals surface area contributed by atoms with E-state index in [1.807, 2.05) is 24.3 Å². The van der Waals surface area contributed by atoms with Gasteiger partial charge in [0.05, 0.1) is 28.9 Å². The number of rotatable bonds is 7. The zero-order valence-corrected chi connectivity index (χ0v) is 22.2. The van der Waals surface area contributed by atoms with Crippen LogP contribution in [-0.2, 0) is 11.3 Å². The summed E-state index contributed by atoms with van der Waals surface area (Å²) in [6.07, 6.45) is 0.527. The molecule has 1 amide bonds. The van der Waals surface area contributed by atoms with Gasteiger partial charge in [0.25, 0.3) is 5.91 Å². The van der Waals surface area contributed by atoms with Crippen LogP contribution < -0.4 is 14.2 Å². The monoisotopic (exact) mass is 579 g/mol. The first-order valence-electron chi connectivity index (χ1n) is 10.3. The van der Waals surface area contributed by atoms with Crippen LogP contribution in [0, 0.1) is 0 Å². The Morgan fingerprint density at radius 1 is 1.09 bits per heavy atom. The summed E-state index contributed by atoms with van der Waals surface area (Å²) in [7, 11) is 0.372. The third kappa shape index (κ3) is 6.25. The Balaban J connectivity index is 1.62. The molecular formula is C24H20BrCl2NO5Si. The molecule has 0 bridgehead atoms. The van der Waals surface area contributed by atoms with Gasteiger partial charge in [0.15, 0.2) is 14.3 Å². The molecule has 1 heterocycles. The van der Waals surface area contributed by atoms with Gasteiger partial charge in [-0.2, -0.15) is 0 Å². The highest BCUT2D eigenvalue weighted by atomic mass is 79.9. The van der Waals surface area contributed by atoms with E-state index in [4.69, 9.17) is 42.1 Å². The van der Waals surface area contributed by atoms with E-state index < -0.39 is 8.59 Å². The summed E-state index contributed by atoms with van der Waals surface area (Å²) >= 11 is 16.0. The van der Waals surface area contributed by atoms with Crippen LogP contribution in [0.2, 0.25) is 16.1 Å². The lowest BCUT2D eigenvalue weighted by Gasteiger charge is -2.14. The summed E-state index contributed by atoms with van der Waals surface area (Å²) in [6.45, 7) is 0.908. The van der Waals surface area contributed by atoms with Crippen molar-refractivity contribution < 1.29 is 23.7 Å².